The first-order chi connectivity index (χ1) is 13.7. The van der Waals surface area contributed by atoms with Crippen molar-refractivity contribution in [3.63, 3.8) is 0 Å². The van der Waals surface area contributed by atoms with E-state index in [1.165, 1.54) is 10.9 Å². The number of benzene rings is 1. The van der Waals surface area contributed by atoms with E-state index in [1.54, 1.807) is 24.3 Å². The summed E-state index contributed by atoms with van der Waals surface area (Å²) in [5, 5.41) is 0.782. The zero-order valence-electron chi connectivity index (χ0n) is 16.1. The highest BCUT2D eigenvalue weighted by Crippen LogP contribution is 2.29. The highest BCUT2D eigenvalue weighted by molar-refractivity contribution is 7.91. The van der Waals surface area contributed by atoms with Gasteiger partial charge in [-0.1, -0.05) is 11.6 Å². The summed E-state index contributed by atoms with van der Waals surface area (Å²) in [5.74, 6) is 0.0281. The molecule has 2 aromatic heterocycles. The Kier molecular flexibility index (Phi) is 4.86. The lowest BCUT2D eigenvalue weighted by Crippen LogP contribution is -2.25. The average Bonchev–Trinajstić information content (AvgIpc) is 3.16. The van der Waals surface area contributed by atoms with Crippen LogP contribution in [-0.4, -0.2) is 39.8 Å². The van der Waals surface area contributed by atoms with Gasteiger partial charge in [0.05, 0.1) is 35.3 Å². The number of rotatable bonds is 4. The number of aryl methyl sites for hydroxylation is 1. The Morgan fingerprint density at radius 1 is 1.28 bits per heavy atom. The molecular weight excluding hydrogens is 414 g/mol. The lowest BCUT2D eigenvalue weighted by atomic mass is 10.1. The molecule has 9 heteroatoms. The Morgan fingerprint density at radius 2 is 2.03 bits per heavy atom. The first-order valence-corrected chi connectivity index (χ1v) is 11.4. The molecule has 0 spiro atoms. The van der Waals surface area contributed by atoms with Crippen LogP contribution in [0.25, 0.3) is 10.9 Å². The maximum absolute atomic E-state index is 13.0. The number of nitrogens with zero attached hydrogens (tertiary/aromatic N) is 3. The van der Waals surface area contributed by atoms with E-state index in [4.69, 9.17) is 11.6 Å². The number of sulfone groups is 1. The van der Waals surface area contributed by atoms with Crippen molar-refractivity contribution in [3.8, 4) is 0 Å². The Bertz CT molecular complexity index is 1310. The first-order valence-electron chi connectivity index (χ1n) is 9.23. The molecule has 4 rings (SSSR count). The van der Waals surface area contributed by atoms with E-state index in [2.05, 4.69) is 4.98 Å². The van der Waals surface area contributed by atoms with Crippen LogP contribution < -0.4 is 5.56 Å². The van der Waals surface area contributed by atoms with Gasteiger partial charge in [0, 0.05) is 28.0 Å². The number of Topliss-reactive ketones (excluding diaryl/α,β-unsaturated/α-hetero) is 1. The Labute approximate surface area is 172 Å². The number of halogens is 1. The van der Waals surface area contributed by atoms with Gasteiger partial charge in [0.2, 0.25) is 0 Å². The zero-order valence-corrected chi connectivity index (χ0v) is 17.6. The van der Waals surface area contributed by atoms with Gasteiger partial charge in [-0.25, -0.2) is 13.4 Å². The molecule has 3 aromatic rings. The van der Waals surface area contributed by atoms with Gasteiger partial charge in [-0.05, 0) is 44.5 Å². The predicted molar refractivity (Wildman–Crippen MR) is 112 cm³/mol. The Morgan fingerprint density at radius 3 is 2.72 bits per heavy atom. The van der Waals surface area contributed by atoms with E-state index >= 15 is 0 Å². The van der Waals surface area contributed by atoms with Crippen molar-refractivity contribution < 1.29 is 13.2 Å². The molecule has 1 fully saturated rings. The van der Waals surface area contributed by atoms with E-state index in [9.17, 15) is 18.0 Å². The molecule has 3 heterocycles. The van der Waals surface area contributed by atoms with E-state index in [0.717, 1.165) is 11.4 Å². The van der Waals surface area contributed by atoms with Gasteiger partial charge in [-0.3, -0.25) is 14.2 Å². The summed E-state index contributed by atoms with van der Waals surface area (Å²) >= 11 is 5.98. The number of ketones is 1. The van der Waals surface area contributed by atoms with Crippen LogP contribution in [-0.2, 0) is 16.4 Å². The van der Waals surface area contributed by atoms with Gasteiger partial charge in [0.25, 0.3) is 5.56 Å². The predicted octanol–water partition coefficient (Wildman–Crippen LogP) is 2.71. The minimum atomic E-state index is -3.04. The van der Waals surface area contributed by atoms with Crippen molar-refractivity contribution in [2.24, 2.45) is 0 Å². The fourth-order valence-corrected chi connectivity index (χ4v) is 5.96. The molecule has 1 aliphatic rings. The molecule has 7 nitrogen and oxygen atoms in total. The molecule has 0 saturated carbocycles. The number of carbonyl (C=O) groups excluding carboxylic acids is 1. The number of hydrogen-bond donors (Lipinski definition) is 0. The number of carbonyl (C=O) groups is 1. The standard InChI is InChI=1S/C20H20ClN3O4S/c1-12-7-16(13(2)24(12)15-5-6-29(27,28)10-15)19(25)9-23-11-22-18-4-3-14(21)8-17(18)20(23)26/h3-4,7-8,11,15H,5-6,9-10H2,1-2H3/t15-/m0/s1. The third kappa shape index (κ3) is 3.62. The highest BCUT2D eigenvalue weighted by Gasteiger charge is 2.31. The first kappa shape index (κ1) is 19.8. The molecule has 152 valence electrons. The fourth-order valence-electron chi connectivity index (χ4n) is 4.08. The van der Waals surface area contributed by atoms with Crippen molar-refractivity contribution in [1.29, 1.82) is 0 Å². The number of hydrogen-bond acceptors (Lipinski definition) is 5. The van der Waals surface area contributed by atoms with Crippen molar-refractivity contribution in [3.05, 3.63) is 62.9 Å². The van der Waals surface area contributed by atoms with Crippen LogP contribution in [0.1, 0.15) is 34.2 Å². The third-order valence-electron chi connectivity index (χ3n) is 5.46. The van der Waals surface area contributed by atoms with Crippen LogP contribution in [0.3, 0.4) is 0 Å². The van der Waals surface area contributed by atoms with E-state index in [-0.39, 0.29) is 35.4 Å². The second kappa shape index (κ2) is 7.11. The Hall–Kier alpha value is -2.45. The van der Waals surface area contributed by atoms with Crippen LogP contribution in [0.2, 0.25) is 5.02 Å². The van der Waals surface area contributed by atoms with Gasteiger partial charge in [0.1, 0.15) is 0 Å². The largest absolute Gasteiger partial charge is 0.344 e. The second-order valence-electron chi connectivity index (χ2n) is 7.47. The second-order valence-corrected chi connectivity index (χ2v) is 10.1. The molecule has 0 N–H and O–H groups in total. The van der Waals surface area contributed by atoms with Gasteiger partial charge in [-0.15, -0.1) is 0 Å². The maximum atomic E-state index is 13.0. The van der Waals surface area contributed by atoms with E-state index in [0.29, 0.717) is 27.9 Å². The molecule has 0 unspecified atom stereocenters. The molecule has 0 bridgehead atoms. The molecule has 1 saturated heterocycles. The summed E-state index contributed by atoms with van der Waals surface area (Å²) < 4.78 is 26.9. The lowest BCUT2D eigenvalue weighted by Gasteiger charge is -2.16. The summed E-state index contributed by atoms with van der Waals surface area (Å²) in [6.45, 7) is 3.52. The molecule has 0 amide bonds. The van der Waals surface area contributed by atoms with Crippen LogP contribution >= 0.6 is 11.6 Å². The van der Waals surface area contributed by atoms with Crippen molar-refractivity contribution in [1.82, 2.24) is 14.1 Å². The zero-order chi connectivity index (χ0) is 20.9. The number of aromatic nitrogens is 3. The van der Waals surface area contributed by atoms with Gasteiger partial charge >= 0.3 is 0 Å². The van der Waals surface area contributed by atoms with Crippen LogP contribution in [0.15, 0.2) is 35.4 Å². The molecule has 0 aliphatic carbocycles. The van der Waals surface area contributed by atoms with Gasteiger partial charge in [0.15, 0.2) is 15.6 Å². The van der Waals surface area contributed by atoms with Crippen molar-refractivity contribution in [2.45, 2.75) is 32.9 Å². The highest BCUT2D eigenvalue weighted by atomic mass is 35.5. The van der Waals surface area contributed by atoms with Crippen LogP contribution in [0.4, 0.5) is 0 Å². The summed E-state index contributed by atoms with van der Waals surface area (Å²) in [6.07, 6.45) is 1.90. The molecule has 29 heavy (non-hydrogen) atoms. The smallest absolute Gasteiger partial charge is 0.261 e. The fraction of sp³-hybridized carbons (Fsp3) is 0.350. The van der Waals surface area contributed by atoms with E-state index < -0.39 is 9.84 Å². The molecule has 1 aliphatic heterocycles. The normalized spacial score (nSPS) is 18.4. The Balaban J connectivity index is 1.66. The van der Waals surface area contributed by atoms with Crippen molar-refractivity contribution >= 4 is 38.1 Å². The van der Waals surface area contributed by atoms with Gasteiger partial charge in [-0.2, -0.15) is 0 Å². The van der Waals surface area contributed by atoms with Gasteiger partial charge < -0.3 is 4.57 Å². The molecule has 1 atom stereocenters. The van der Waals surface area contributed by atoms with Crippen molar-refractivity contribution in [2.75, 3.05) is 11.5 Å². The van der Waals surface area contributed by atoms with E-state index in [1.807, 2.05) is 18.4 Å². The summed E-state index contributed by atoms with van der Waals surface area (Å²) in [6, 6.07) is 6.46. The minimum absolute atomic E-state index is 0.0891. The topological polar surface area (TPSA) is 91.0 Å². The maximum Gasteiger partial charge on any atom is 0.261 e. The summed E-state index contributed by atoms with van der Waals surface area (Å²) in [5.41, 5.74) is 2.23. The number of fused-ring (bicyclic) bond motifs is 1. The minimum Gasteiger partial charge on any atom is -0.344 e. The monoisotopic (exact) mass is 433 g/mol. The quantitative estimate of drug-likeness (QED) is 0.590. The molecular formula is C20H20ClN3O4S. The van der Waals surface area contributed by atoms with Crippen LogP contribution in [0.5, 0.6) is 0 Å². The third-order valence-corrected chi connectivity index (χ3v) is 7.44. The SMILES string of the molecule is Cc1cc(C(=O)Cn2cnc3ccc(Cl)cc3c2=O)c(C)n1[C@H]1CCS(=O)(=O)C1. The molecule has 0 radical (unpaired) electrons. The van der Waals surface area contributed by atoms with Crippen LogP contribution in [0, 0.1) is 13.8 Å². The average molecular weight is 434 g/mol. The summed E-state index contributed by atoms with van der Waals surface area (Å²) in [7, 11) is -3.04. The summed E-state index contributed by atoms with van der Waals surface area (Å²) in [4.78, 5) is 29.9. The molecule has 1 aromatic carbocycles. The lowest BCUT2D eigenvalue weighted by molar-refractivity contribution is 0.0970.